The highest BCUT2D eigenvalue weighted by Gasteiger charge is 2.16. The van der Waals surface area contributed by atoms with E-state index in [0.717, 1.165) is 16.8 Å². The summed E-state index contributed by atoms with van der Waals surface area (Å²) in [5.74, 6) is 0.0170. The lowest BCUT2D eigenvalue weighted by Crippen LogP contribution is -2.30. The molecule has 0 bridgehead atoms. The molecule has 3 aromatic rings. The summed E-state index contributed by atoms with van der Waals surface area (Å²) in [7, 11) is 0. The van der Waals surface area contributed by atoms with Crippen molar-refractivity contribution in [1.29, 1.82) is 0 Å². The largest absolute Gasteiger partial charge is 0.481 e. The highest BCUT2D eigenvalue weighted by Crippen LogP contribution is 2.21. The highest BCUT2D eigenvalue weighted by molar-refractivity contribution is 6.30. The molecule has 5 nitrogen and oxygen atoms in total. The molecule has 0 aliphatic heterocycles. The molecule has 6 heteroatoms. The van der Waals surface area contributed by atoms with Crippen molar-refractivity contribution < 1.29 is 14.3 Å². The van der Waals surface area contributed by atoms with E-state index < -0.39 is 6.10 Å². The van der Waals surface area contributed by atoms with Crippen LogP contribution in [0.2, 0.25) is 5.02 Å². The van der Waals surface area contributed by atoms with Crippen molar-refractivity contribution in [3.63, 3.8) is 0 Å². The van der Waals surface area contributed by atoms with Gasteiger partial charge in [-0.15, -0.1) is 0 Å². The summed E-state index contributed by atoms with van der Waals surface area (Å²) in [5, 5.41) is 6.34. The van der Waals surface area contributed by atoms with E-state index in [1.807, 2.05) is 38.1 Å². The molecule has 0 aliphatic rings. The lowest BCUT2D eigenvalue weighted by Gasteiger charge is -2.16. The van der Waals surface area contributed by atoms with Crippen molar-refractivity contribution in [2.24, 2.45) is 0 Å². The topological polar surface area (TPSA) is 67.4 Å². The lowest BCUT2D eigenvalue weighted by atomic mass is 10.1. The average molecular weight is 423 g/mol. The Balaban J connectivity index is 1.60. The van der Waals surface area contributed by atoms with Gasteiger partial charge in [-0.05, 0) is 80.4 Å². The van der Waals surface area contributed by atoms with Crippen molar-refractivity contribution in [2.75, 3.05) is 10.6 Å². The van der Waals surface area contributed by atoms with E-state index in [9.17, 15) is 9.59 Å². The molecule has 0 aromatic heterocycles. The Kier molecular flexibility index (Phi) is 6.75. The fourth-order valence-electron chi connectivity index (χ4n) is 2.85. The number of para-hydroxylation sites is 1. The van der Waals surface area contributed by atoms with Crippen LogP contribution in [0, 0.1) is 13.8 Å². The van der Waals surface area contributed by atoms with Crippen molar-refractivity contribution >= 4 is 34.8 Å². The Bertz CT molecular complexity index is 1060. The monoisotopic (exact) mass is 422 g/mol. The summed E-state index contributed by atoms with van der Waals surface area (Å²) >= 11 is 5.95. The van der Waals surface area contributed by atoms with Gasteiger partial charge in [0.05, 0.1) is 0 Å². The van der Waals surface area contributed by atoms with Gasteiger partial charge in [0.2, 0.25) is 0 Å². The summed E-state index contributed by atoms with van der Waals surface area (Å²) in [6, 6.07) is 19.5. The molecule has 0 fully saturated rings. The minimum atomic E-state index is -0.694. The van der Waals surface area contributed by atoms with Gasteiger partial charge in [-0.1, -0.05) is 29.8 Å². The van der Waals surface area contributed by atoms with E-state index in [2.05, 4.69) is 10.6 Å². The third-order valence-corrected chi connectivity index (χ3v) is 4.87. The standard InChI is InChI=1S/C24H23ClN2O3/c1-15-6-4-5-7-21(15)26-23(28)17(3)30-20-11-8-18(9-12-20)24(29)27-22-13-10-19(25)14-16(22)2/h4-14,17H,1-3H3,(H,26,28)(H,27,29). The first-order chi connectivity index (χ1) is 14.3. The van der Waals surface area contributed by atoms with E-state index in [1.54, 1.807) is 49.4 Å². The molecule has 1 atom stereocenters. The molecule has 30 heavy (non-hydrogen) atoms. The smallest absolute Gasteiger partial charge is 0.265 e. The van der Waals surface area contributed by atoms with Crippen molar-refractivity contribution in [3.05, 3.63) is 88.4 Å². The van der Waals surface area contributed by atoms with E-state index in [0.29, 0.717) is 22.0 Å². The molecule has 0 radical (unpaired) electrons. The molecular formula is C24H23ClN2O3. The van der Waals surface area contributed by atoms with Gasteiger partial charge in [0.25, 0.3) is 11.8 Å². The maximum atomic E-state index is 12.5. The van der Waals surface area contributed by atoms with Crippen LogP contribution in [0.15, 0.2) is 66.7 Å². The summed E-state index contributed by atoms with van der Waals surface area (Å²) in [5.41, 5.74) is 3.79. The highest BCUT2D eigenvalue weighted by atomic mass is 35.5. The molecule has 0 saturated carbocycles. The zero-order chi connectivity index (χ0) is 21.7. The molecule has 154 valence electrons. The third kappa shape index (κ3) is 5.39. The first-order valence-corrected chi connectivity index (χ1v) is 9.92. The molecular weight excluding hydrogens is 400 g/mol. The predicted molar refractivity (Wildman–Crippen MR) is 120 cm³/mol. The Morgan fingerprint density at radius 2 is 1.53 bits per heavy atom. The zero-order valence-electron chi connectivity index (χ0n) is 17.0. The normalized spacial score (nSPS) is 11.5. The lowest BCUT2D eigenvalue weighted by molar-refractivity contribution is -0.122. The number of amides is 2. The third-order valence-electron chi connectivity index (χ3n) is 4.64. The Morgan fingerprint density at radius 3 is 2.20 bits per heavy atom. The number of nitrogens with one attached hydrogen (secondary N) is 2. The van der Waals surface area contributed by atoms with Crippen LogP contribution in [0.3, 0.4) is 0 Å². The first kappa shape index (κ1) is 21.4. The summed E-state index contributed by atoms with van der Waals surface area (Å²) in [6.45, 7) is 5.48. The van der Waals surface area contributed by atoms with E-state index in [-0.39, 0.29) is 11.8 Å². The van der Waals surface area contributed by atoms with Crippen LogP contribution in [-0.2, 0) is 4.79 Å². The Labute approximate surface area is 181 Å². The molecule has 2 amide bonds. The van der Waals surface area contributed by atoms with Crippen molar-refractivity contribution in [3.8, 4) is 5.75 Å². The van der Waals surface area contributed by atoms with Gasteiger partial charge in [0.1, 0.15) is 5.75 Å². The molecule has 0 saturated heterocycles. The minimum Gasteiger partial charge on any atom is -0.481 e. The van der Waals surface area contributed by atoms with Gasteiger partial charge in [-0.2, -0.15) is 0 Å². The fourth-order valence-corrected chi connectivity index (χ4v) is 3.08. The number of carbonyl (C=O) groups excluding carboxylic acids is 2. The van der Waals surface area contributed by atoms with Crippen molar-refractivity contribution in [1.82, 2.24) is 0 Å². The Hall–Kier alpha value is -3.31. The number of benzene rings is 3. The van der Waals surface area contributed by atoms with Crippen LogP contribution in [0.1, 0.15) is 28.4 Å². The van der Waals surface area contributed by atoms with E-state index in [4.69, 9.17) is 16.3 Å². The molecule has 3 rings (SSSR count). The van der Waals surface area contributed by atoms with Gasteiger partial charge in [0, 0.05) is 22.0 Å². The second kappa shape index (κ2) is 9.46. The summed E-state index contributed by atoms with van der Waals surface area (Å²) < 4.78 is 5.72. The first-order valence-electron chi connectivity index (χ1n) is 9.54. The van der Waals surface area contributed by atoms with Crippen LogP contribution in [-0.4, -0.2) is 17.9 Å². The summed E-state index contributed by atoms with van der Waals surface area (Å²) in [6.07, 6.45) is -0.694. The second-order valence-corrected chi connectivity index (χ2v) is 7.44. The molecule has 3 aromatic carbocycles. The maximum Gasteiger partial charge on any atom is 0.265 e. The number of rotatable bonds is 6. The quantitative estimate of drug-likeness (QED) is 0.542. The van der Waals surface area contributed by atoms with Gasteiger partial charge in [-0.25, -0.2) is 0 Å². The molecule has 1 unspecified atom stereocenters. The summed E-state index contributed by atoms with van der Waals surface area (Å²) in [4.78, 5) is 24.9. The SMILES string of the molecule is Cc1cc(Cl)ccc1NC(=O)c1ccc(OC(C)C(=O)Nc2ccccc2C)cc1. The van der Waals surface area contributed by atoms with Gasteiger partial charge in [-0.3, -0.25) is 9.59 Å². The molecule has 0 spiro atoms. The van der Waals surface area contributed by atoms with E-state index >= 15 is 0 Å². The number of carbonyl (C=O) groups is 2. The van der Waals surface area contributed by atoms with Gasteiger partial charge >= 0.3 is 0 Å². The number of aryl methyl sites for hydroxylation is 2. The molecule has 0 heterocycles. The van der Waals surface area contributed by atoms with Crippen LogP contribution in [0.4, 0.5) is 11.4 Å². The van der Waals surface area contributed by atoms with E-state index in [1.165, 1.54) is 0 Å². The zero-order valence-corrected chi connectivity index (χ0v) is 17.8. The van der Waals surface area contributed by atoms with Crippen LogP contribution in [0.25, 0.3) is 0 Å². The molecule has 0 aliphatic carbocycles. The second-order valence-electron chi connectivity index (χ2n) is 7.00. The number of hydrogen-bond donors (Lipinski definition) is 2. The fraction of sp³-hybridized carbons (Fsp3) is 0.167. The maximum absolute atomic E-state index is 12.5. The Morgan fingerprint density at radius 1 is 0.867 bits per heavy atom. The van der Waals surface area contributed by atoms with Gasteiger partial charge < -0.3 is 15.4 Å². The van der Waals surface area contributed by atoms with Crippen molar-refractivity contribution in [2.45, 2.75) is 26.9 Å². The van der Waals surface area contributed by atoms with Gasteiger partial charge in [0.15, 0.2) is 6.10 Å². The average Bonchev–Trinajstić information content (AvgIpc) is 2.72. The van der Waals surface area contributed by atoms with Crippen LogP contribution in [0.5, 0.6) is 5.75 Å². The number of hydrogen-bond acceptors (Lipinski definition) is 3. The van der Waals surface area contributed by atoms with Crippen LogP contribution < -0.4 is 15.4 Å². The number of anilines is 2. The predicted octanol–water partition coefficient (Wildman–Crippen LogP) is 5.62. The van der Waals surface area contributed by atoms with Crippen LogP contribution >= 0.6 is 11.6 Å². The molecule has 2 N–H and O–H groups in total. The minimum absolute atomic E-state index is 0.239. The number of ether oxygens (including phenoxy) is 1. The number of halogens is 1.